The fraction of sp³-hybridized carbons (Fsp3) is 0.458. The van der Waals surface area contributed by atoms with Crippen molar-refractivity contribution in [3.8, 4) is 11.1 Å². The van der Waals surface area contributed by atoms with Crippen LogP contribution in [0.1, 0.15) is 35.3 Å². The zero-order valence-corrected chi connectivity index (χ0v) is 18.7. The average Bonchev–Trinajstić information content (AvgIpc) is 3.24. The molecule has 1 saturated heterocycles. The third kappa shape index (κ3) is 4.40. The van der Waals surface area contributed by atoms with Crippen LogP contribution < -0.4 is 0 Å². The largest absolute Gasteiger partial charge is 0.396 e. The molecule has 0 bridgehead atoms. The molecule has 2 aliphatic rings. The molecule has 0 aliphatic carbocycles. The van der Waals surface area contributed by atoms with Crippen LogP contribution in [0.5, 0.6) is 0 Å². The van der Waals surface area contributed by atoms with Gasteiger partial charge in [-0.05, 0) is 41.9 Å². The molecule has 4 rings (SSSR count). The van der Waals surface area contributed by atoms with Gasteiger partial charge in [-0.1, -0.05) is 43.6 Å². The van der Waals surface area contributed by atoms with Crippen molar-refractivity contribution in [2.24, 2.45) is 5.41 Å². The summed E-state index contributed by atoms with van der Waals surface area (Å²) in [5, 5.41) is 10.3. The first-order chi connectivity index (χ1) is 14.3. The van der Waals surface area contributed by atoms with Crippen LogP contribution in [0.25, 0.3) is 11.1 Å². The molecule has 6 heteroatoms. The van der Waals surface area contributed by atoms with Crippen LogP contribution in [-0.4, -0.2) is 65.7 Å². The summed E-state index contributed by atoms with van der Waals surface area (Å²) in [7, 11) is 2.14. The molecule has 2 aliphatic heterocycles. The van der Waals surface area contributed by atoms with Crippen LogP contribution >= 0.6 is 11.6 Å². The summed E-state index contributed by atoms with van der Waals surface area (Å²) in [4.78, 5) is 19.3. The second kappa shape index (κ2) is 8.31. The van der Waals surface area contributed by atoms with Gasteiger partial charge in [0.25, 0.3) is 5.91 Å². The summed E-state index contributed by atoms with van der Waals surface area (Å²) in [6, 6.07) is 12.3. The van der Waals surface area contributed by atoms with Crippen molar-refractivity contribution >= 4 is 17.5 Å². The number of aliphatic hydroxyl groups excluding tert-OH is 1. The molecule has 5 nitrogen and oxygen atoms in total. The minimum Gasteiger partial charge on any atom is -0.396 e. The van der Waals surface area contributed by atoms with Crippen LogP contribution in [0.2, 0.25) is 5.02 Å². The van der Waals surface area contributed by atoms with Crippen LogP contribution in [0.15, 0.2) is 36.4 Å². The van der Waals surface area contributed by atoms with E-state index in [1.165, 1.54) is 5.56 Å². The summed E-state index contributed by atoms with van der Waals surface area (Å²) in [5.41, 5.74) is 4.69. The van der Waals surface area contributed by atoms with E-state index in [-0.39, 0.29) is 17.9 Å². The van der Waals surface area contributed by atoms with Crippen molar-refractivity contribution in [2.75, 3.05) is 40.0 Å². The van der Waals surface area contributed by atoms with Gasteiger partial charge in [0, 0.05) is 60.9 Å². The van der Waals surface area contributed by atoms with Gasteiger partial charge in [0.05, 0.1) is 6.67 Å². The first-order valence-corrected chi connectivity index (χ1v) is 10.9. The van der Waals surface area contributed by atoms with E-state index in [1.807, 2.05) is 30.9 Å². The number of carbonyl (C=O) groups is 1. The van der Waals surface area contributed by atoms with Crippen LogP contribution in [0.4, 0.5) is 0 Å². The van der Waals surface area contributed by atoms with Crippen molar-refractivity contribution in [1.29, 1.82) is 0 Å². The Hall–Kier alpha value is -1.92. The van der Waals surface area contributed by atoms with E-state index >= 15 is 0 Å². The average molecular weight is 428 g/mol. The molecule has 1 N–H and O–H groups in total. The zero-order chi connectivity index (χ0) is 21.5. The first kappa shape index (κ1) is 21.3. The highest BCUT2D eigenvalue weighted by Gasteiger charge is 2.32. The molecular weight excluding hydrogens is 398 g/mol. The van der Waals surface area contributed by atoms with E-state index in [2.05, 4.69) is 41.1 Å². The molecule has 2 aromatic carbocycles. The normalized spacial score (nSPS) is 17.8. The van der Waals surface area contributed by atoms with Gasteiger partial charge in [0.15, 0.2) is 0 Å². The second-order valence-electron chi connectivity index (χ2n) is 9.44. The molecule has 2 heterocycles. The number of nitrogens with zero attached hydrogens (tertiary/aromatic N) is 3. The molecule has 1 amide bonds. The zero-order valence-electron chi connectivity index (χ0n) is 18.0. The Morgan fingerprint density at radius 3 is 2.53 bits per heavy atom. The fourth-order valence-electron chi connectivity index (χ4n) is 4.32. The highest BCUT2D eigenvalue weighted by atomic mass is 35.5. The number of rotatable bonds is 6. The Morgan fingerprint density at radius 1 is 1.10 bits per heavy atom. The lowest BCUT2D eigenvalue weighted by atomic mass is 9.94. The number of halogens is 1. The van der Waals surface area contributed by atoms with Gasteiger partial charge in [0.1, 0.15) is 0 Å². The van der Waals surface area contributed by atoms with Gasteiger partial charge in [-0.3, -0.25) is 14.6 Å². The van der Waals surface area contributed by atoms with Crippen molar-refractivity contribution in [3.05, 3.63) is 58.1 Å². The van der Waals surface area contributed by atoms with Gasteiger partial charge < -0.3 is 10.0 Å². The number of benzene rings is 2. The number of aliphatic hydroxyl groups is 1. The lowest BCUT2D eigenvalue weighted by Gasteiger charge is -2.28. The first-order valence-electron chi connectivity index (χ1n) is 10.5. The summed E-state index contributed by atoms with van der Waals surface area (Å²) in [5.74, 6) is 0.0371. The molecule has 0 unspecified atom stereocenters. The Kier molecular flexibility index (Phi) is 5.90. The second-order valence-corrected chi connectivity index (χ2v) is 9.85. The van der Waals surface area contributed by atoms with Crippen LogP contribution in [0, 0.1) is 5.41 Å². The van der Waals surface area contributed by atoms with E-state index in [0.29, 0.717) is 13.1 Å². The molecule has 2 aromatic rings. The predicted octanol–water partition coefficient (Wildman–Crippen LogP) is 3.69. The highest BCUT2D eigenvalue weighted by Crippen LogP contribution is 2.34. The van der Waals surface area contributed by atoms with Gasteiger partial charge in [-0.15, -0.1) is 0 Å². The number of amides is 1. The van der Waals surface area contributed by atoms with Crippen molar-refractivity contribution in [3.63, 3.8) is 0 Å². The van der Waals surface area contributed by atoms with E-state index in [4.69, 9.17) is 11.6 Å². The number of carbonyl (C=O) groups excluding carboxylic acids is 1. The Labute approximate surface area is 183 Å². The molecule has 0 spiro atoms. The van der Waals surface area contributed by atoms with E-state index in [0.717, 1.165) is 53.6 Å². The SMILES string of the molecule is CN1CCN(Cc2ccc(-c3ccc4c(c3)CN(CC(C)(C)CO)C4=O)c(Cl)c2)C1. The quantitative estimate of drug-likeness (QED) is 0.763. The summed E-state index contributed by atoms with van der Waals surface area (Å²) < 4.78 is 0. The van der Waals surface area contributed by atoms with E-state index in [1.54, 1.807) is 0 Å². The maximum atomic E-state index is 12.7. The third-order valence-electron chi connectivity index (χ3n) is 6.02. The molecule has 0 aromatic heterocycles. The number of hydrogen-bond acceptors (Lipinski definition) is 4. The molecule has 30 heavy (non-hydrogen) atoms. The van der Waals surface area contributed by atoms with E-state index < -0.39 is 0 Å². The molecule has 0 saturated carbocycles. The fourth-order valence-corrected chi connectivity index (χ4v) is 4.63. The molecule has 160 valence electrons. The van der Waals surface area contributed by atoms with Crippen LogP contribution in [-0.2, 0) is 13.1 Å². The lowest BCUT2D eigenvalue weighted by molar-refractivity contribution is 0.0625. The van der Waals surface area contributed by atoms with Crippen molar-refractivity contribution < 1.29 is 9.90 Å². The standard InChI is InChI=1S/C24H30ClN3O2/c1-24(2,15-29)14-28-13-19-11-18(5-7-21(19)23(28)30)20-6-4-17(10-22(20)25)12-27-9-8-26(3)16-27/h4-7,10-11,29H,8-9,12-16H2,1-3H3. The van der Waals surface area contributed by atoms with E-state index in [9.17, 15) is 9.90 Å². The van der Waals surface area contributed by atoms with Gasteiger partial charge in [-0.2, -0.15) is 0 Å². The summed E-state index contributed by atoms with van der Waals surface area (Å²) >= 11 is 6.66. The van der Waals surface area contributed by atoms with Crippen molar-refractivity contribution in [1.82, 2.24) is 14.7 Å². The molecule has 1 fully saturated rings. The topological polar surface area (TPSA) is 47.0 Å². The van der Waals surface area contributed by atoms with Gasteiger partial charge in [-0.25, -0.2) is 0 Å². The number of hydrogen-bond donors (Lipinski definition) is 1. The summed E-state index contributed by atoms with van der Waals surface area (Å²) in [6.45, 7) is 9.17. The monoisotopic (exact) mass is 427 g/mol. The maximum absolute atomic E-state index is 12.7. The maximum Gasteiger partial charge on any atom is 0.254 e. The highest BCUT2D eigenvalue weighted by molar-refractivity contribution is 6.33. The Morgan fingerprint density at radius 2 is 1.87 bits per heavy atom. The molecular formula is C24H30ClN3O2. The minimum absolute atomic E-state index is 0.0371. The minimum atomic E-state index is -0.316. The summed E-state index contributed by atoms with van der Waals surface area (Å²) in [6.07, 6.45) is 0. The van der Waals surface area contributed by atoms with Crippen LogP contribution in [0.3, 0.4) is 0 Å². The van der Waals surface area contributed by atoms with Crippen molar-refractivity contribution in [2.45, 2.75) is 26.9 Å². The Balaban J connectivity index is 1.52. The van der Waals surface area contributed by atoms with Gasteiger partial charge >= 0.3 is 0 Å². The molecule has 0 radical (unpaired) electrons. The number of fused-ring (bicyclic) bond motifs is 1. The predicted molar refractivity (Wildman–Crippen MR) is 120 cm³/mol. The third-order valence-corrected chi connectivity index (χ3v) is 6.33. The van der Waals surface area contributed by atoms with Gasteiger partial charge in [0.2, 0.25) is 0 Å². The Bertz CT molecular complexity index is 959. The number of likely N-dealkylation sites (N-methyl/N-ethyl adjacent to an activating group) is 1. The smallest absolute Gasteiger partial charge is 0.254 e. The lowest BCUT2D eigenvalue weighted by Crippen LogP contribution is -2.36. The molecule has 0 atom stereocenters.